The Kier molecular flexibility index (Phi) is 31.3. The fraction of sp³-hybridized carbons (Fsp3) is 0. The number of benzene rings is 6. The van der Waals surface area contributed by atoms with E-state index in [1.165, 1.54) is 10.8 Å². The van der Waals surface area contributed by atoms with E-state index >= 15 is 0 Å². The zero-order valence-corrected chi connectivity index (χ0v) is 45.6. The number of hydrogen-bond acceptors (Lipinski definition) is 9. The van der Waals surface area contributed by atoms with Gasteiger partial charge in [-0.05, 0) is 70.7 Å². The Balaban J connectivity index is 0. The molecule has 6 aromatic carbocycles. The first-order valence-corrected chi connectivity index (χ1v) is 18.5. The van der Waals surface area contributed by atoms with Crippen LogP contribution in [0.25, 0.3) is 55.7 Å². The van der Waals surface area contributed by atoms with E-state index in [9.17, 15) is 10.2 Å². The van der Waals surface area contributed by atoms with Crippen LogP contribution in [0.3, 0.4) is 0 Å². The number of para-hydroxylation sites is 6. The average molecular weight is 1100 g/mol. The number of rotatable bonds is 5. The number of fused-ring (bicyclic) bond motifs is 2. The Labute approximate surface area is 488 Å². The third kappa shape index (κ3) is 18.5. The topological polar surface area (TPSA) is 151 Å². The zero-order chi connectivity index (χ0) is 41.8. The van der Waals surface area contributed by atoms with E-state index in [-0.39, 0.29) is 166 Å². The summed E-state index contributed by atoms with van der Waals surface area (Å²) in [6, 6.07) is 64.5. The normalized spacial score (nSPS) is 9.05. The second-order valence-electron chi connectivity index (χ2n) is 12.4. The van der Waals surface area contributed by atoms with Crippen molar-refractivity contribution >= 4 is 36.7 Å². The molecule has 10 aromatic rings. The Morgan fingerprint density at radius 2 is 0.894 bits per heavy atom. The van der Waals surface area contributed by atoms with E-state index in [1.807, 2.05) is 133 Å². The molecule has 10 rings (SSSR count). The number of carbonyl (C=O) groups excluding carboxylic acids is 1. The molecule has 0 aliphatic rings. The first-order valence-electron chi connectivity index (χ1n) is 18.5. The Hall–Kier alpha value is -4.68. The van der Waals surface area contributed by atoms with Gasteiger partial charge in [0.15, 0.2) is 0 Å². The van der Waals surface area contributed by atoms with Crippen LogP contribution in [-0.2, 0) is 29.8 Å². The molecule has 0 spiro atoms. The van der Waals surface area contributed by atoms with E-state index in [0.717, 1.165) is 33.5 Å². The smallest absolute Gasteiger partial charge is 1.00 e. The minimum atomic E-state index is -0.181. The van der Waals surface area contributed by atoms with Crippen molar-refractivity contribution in [3.63, 3.8) is 0 Å². The van der Waals surface area contributed by atoms with E-state index in [2.05, 4.69) is 61.5 Å². The summed E-state index contributed by atoms with van der Waals surface area (Å²) >= 11 is 0. The predicted molar refractivity (Wildman–Crippen MR) is 249 cm³/mol. The number of pyridine rings is 2. The second kappa shape index (κ2) is 33.7. The molecule has 0 aliphatic carbocycles. The van der Waals surface area contributed by atoms with Gasteiger partial charge in [-0.15, -0.1) is 71.8 Å². The molecule has 322 valence electrons. The van der Waals surface area contributed by atoms with Gasteiger partial charge in [0, 0.05) is 68.2 Å². The van der Waals surface area contributed by atoms with Crippen molar-refractivity contribution in [3.05, 3.63) is 234 Å². The van der Waals surface area contributed by atoms with Crippen LogP contribution in [0.15, 0.2) is 207 Å². The van der Waals surface area contributed by atoms with Crippen LogP contribution in [-0.4, -0.2) is 54.6 Å². The maximum Gasteiger partial charge on any atom is 1.00 e. The summed E-state index contributed by atoms with van der Waals surface area (Å²) in [5.41, 5.74) is 7.46. The van der Waals surface area contributed by atoms with Gasteiger partial charge in [0.1, 0.15) is 22.9 Å². The van der Waals surface area contributed by atoms with Gasteiger partial charge in [0.05, 0.1) is 11.0 Å². The number of phenolic OH excluding ortho intramolecular Hbond substituents is 2. The Morgan fingerprint density at radius 3 is 1.23 bits per heavy atom. The van der Waals surface area contributed by atoms with Crippen molar-refractivity contribution in [2.24, 2.45) is 0 Å². The van der Waals surface area contributed by atoms with Gasteiger partial charge in [-0.2, -0.15) is 10.2 Å². The zero-order valence-electron chi connectivity index (χ0n) is 37.9. The van der Waals surface area contributed by atoms with Crippen LogP contribution in [0, 0.1) is 27.0 Å². The molecule has 66 heavy (non-hydrogen) atoms. The summed E-state index contributed by atoms with van der Waals surface area (Å²) in [5, 5.41) is 37.6. The monoisotopic (exact) mass is 1100 g/mol. The molecule has 0 saturated carbocycles. The summed E-state index contributed by atoms with van der Waals surface area (Å²) < 4.78 is 3.24. The summed E-state index contributed by atoms with van der Waals surface area (Å²) in [4.78, 5) is 20.5. The van der Waals surface area contributed by atoms with E-state index in [1.54, 1.807) is 58.4 Å². The van der Waals surface area contributed by atoms with E-state index in [4.69, 9.17) is 10.1 Å². The molecule has 0 saturated heterocycles. The first-order chi connectivity index (χ1) is 29.5. The van der Waals surface area contributed by atoms with Gasteiger partial charge in [-0.25, -0.2) is 9.36 Å². The average Bonchev–Trinajstić information content (AvgIpc) is 4.07. The molecular weight excluding hydrogens is 1060 g/mol. The third-order valence-corrected chi connectivity index (χ3v) is 8.47. The molecule has 0 atom stereocenters. The molecule has 11 nitrogen and oxygen atoms in total. The largest absolute Gasteiger partial charge is 1.00 e. The quantitative estimate of drug-likeness (QED) is 0.0867. The fourth-order valence-corrected chi connectivity index (χ4v) is 5.68. The Bertz CT molecular complexity index is 2650. The van der Waals surface area contributed by atoms with Crippen molar-refractivity contribution in [2.75, 3.05) is 0 Å². The molecule has 0 aliphatic heterocycles. The van der Waals surface area contributed by atoms with Gasteiger partial charge in [-0.3, -0.25) is 14.8 Å². The SMILES string of the molecule is O=CO[O-].Oc1ccccc1-n1cccn1.Oc1ccccc1-n1cccn1.[B].[CH3+].[CH3+].[H-].[Ir].[K+].[K+].[c-]1ccccc1-c1ccc2ccccc2n1.[c-]1ccccc1-c1ccc2ccccc2n1. The summed E-state index contributed by atoms with van der Waals surface area (Å²) in [5.74, 6) is 0.474. The number of hydrogen-bond donors (Lipinski definition) is 2. The molecule has 0 fully saturated rings. The second-order valence-corrected chi connectivity index (χ2v) is 12.4. The van der Waals surface area contributed by atoms with Crippen molar-refractivity contribution in [3.8, 4) is 45.4 Å². The van der Waals surface area contributed by atoms with Crippen LogP contribution < -0.4 is 108 Å². The fourth-order valence-electron chi connectivity index (χ4n) is 5.68. The molecule has 0 amide bonds. The molecule has 4 heterocycles. The molecule has 2 N–H and O–H groups in total. The molecule has 15 heteroatoms. The number of phenols is 2. The van der Waals surface area contributed by atoms with Crippen LogP contribution >= 0.6 is 0 Å². The van der Waals surface area contributed by atoms with Crippen molar-refractivity contribution in [1.29, 1.82) is 0 Å². The number of aromatic hydroxyl groups is 2. The van der Waals surface area contributed by atoms with Gasteiger partial charge in [0.25, 0.3) is 6.47 Å². The van der Waals surface area contributed by atoms with Gasteiger partial charge in [-0.1, -0.05) is 84.9 Å². The van der Waals surface area contributed by atoms with Crippen LogP contribution in [0.5, 0.6) is 11.5 Å². The number of aromatic nitrogens is 6. The number of carbonyl (C=O) groups is 1. The minimum Gasteiger partial charge on any atom is -1.00 e. The standard InChI is InChI=1S/2C15H10N.2C9H8N2O.CH2O3.2CH3.B.Ir.2K.H/c2*1-2-6-12(7-3-1)15-11-10-13-8-4-5-9-14(13)16-15;2*12-9-5-2-1-4-8(9)11-7-3-6-10-11;2-1-4-3;;;;;;;/h2*1-6,8-11H;2*1-7,12H;1,3H;2*1H3;;;;;/q2*-1;;;;2*+1;;;2*+1;-1/p-1. The van der Waals surface area contributed by atoms with Gasteiger partial charge >= 0.3 is 103 Å². The maximum absolute atomic E-state index is 9.42. The maximum atomic E-state index is 9.42. The van der Waals surface area contributed by atoms with E-state index in [0.29, 0.717) is 11.4 Å². The van der Waals surface area contributed by atoms with Crippen molar-refractivity contribution in [1.82, 2.24) is 29.5 Å². The summed E-state index contributed by atoms with van der Waals surface area (Å²) in [6.07, 6.45) is 6.92. The van der Waals surface area contributed by atoms with Crippen LogP contribution in [0.2, 0.25) is 0 Å². The molecule has 0 unspecified atom stereocenters. The predicted octanol–water partition coefficient (Wildman–Crippen LogP) is 3.63. The molecular formula is C51H44BIrK2N6O5. The van der Waals surface area contributed by atoms with E-state index < -0.39 is 0 Å². The third-order valence-electron chi connectivity index (χ3n) is 8.47. The van der Waals surface area contributed by atoms with Crippen molar-refractivity contribution in [2.45, 2.75) is 0 Å². The minimum absolute atomic E-state index is 0. The number of nitrogens with zero attached hydrogens (tertiary/aromatic N) is 6. The first kappa shape index (κ1) is 61.3. The molecule has 4 aromatic heterocycles. The van der Waals surface area contributed by atoms with Gasteiger partial charge < -0.3 is 21.8 Å². The summed E-state index contributed by atoms with van der Waals surface area (Å²) in [7, 11) is 0. The molecule has 4 radical (unpaired) electrons. The van der Waals surface area contributed by atoms with Crippen molar-refractivity contribution < 1.29 is 149 Å². The van der Waals surface area contributed by atoms with Gasteiger partial charge in [0.2, 0.25) is 0 Å². The Morgan fingerprint density at radius 1 is 0.530 bits per heavy atom. The van der Waals surface area contributed by atoms with Crippen LogP contribution in [0.1, 0.15) is 1.43 Å². The molecule has 0 bridgehead atoms. The summed E-state index contributed by atoms with van der Waals surface area (Å²) in [6.45, 7) is -0.181. The van der Waals surface area contributed by atoms with Crippen LogP contribution in [0.4, 0.5) is 0 Å².